The van der Waals surface area contributed by atoms with Crippen LogP contribution in [0.3, 0.4) is 0 Å². The molecular weight excluding hydrogens is 298 g/mol. The van der Waals surface area contributed by atoms with Gasteiger partial charge in [-0.05, 0) is 25.3 Å². The summed E-state index contributed by atoms with van der Waals surface area (Å²) in [4.78, 5) is 0. The average molecular weight is 323 g/mol. The molecule has 2 heterocycles. The van der Waals surface area contributed by atoms with E-state index in [9.17, 15) is 0 Å². The van der Waals surface area contributed by atoms with E-state index in [0.29, 0.717) is 30.4 Å². The van der Waals surface area contributed by atoms with Crippen molar-refractivity contribution in [2.24, 2.45) is 5.92 Å². The van der Waals surface area contributed by atoms with E-state index in [2.05, 4.69) is 52.0 Å². The number of ether oxygens (including phenoxy) is 1. The lowest BCUT2D eigenvalue weighted by atomic mass is 9.76. The molecule has 1 aliphatic heterocycles. The van der Waals surface area contributed by atoms with Crippen molar-refractivity contribution >= 4 is 11.6 Å². The van der Waals surface area contributed by atoms with Crippen molar-refractivity contribution in [3.8, 4) is 0 Å². The fourth-order valence-corrected chi connectivity index (χ4v) is 4.29. The summed E-state index contributed by atoms with van der Waals surface area (Å²) in [5, 5.41) is 8.45. The number of nitrogens with one attached hydrogen (secondary N) is 1. The van der Waals surface area contributed by atoms with E-state index < -0.39 is 0 Å². The molecule has 0 saturated heterocycles. The molecule has 1 fully saturated rings. The Morgan fingerprint density at radius 1 is 1.29 bits per heavy atom. The van der Waals surface area contributed by atoms with Crippen LogP contribution in [-0.4, -0.2) is 16.4 Å². The molecule has 0 radical (unpaired) electrons. The SMILES string of the molecule is C=C(OCC)c1cnn2c1NC(c1ccccc1)C1CCCCC12. The maximum atomic E-state index is 5.64. The Labute approximate surface area is 143 Å². The van der Waals surface area contributed by atoms with E-state index in [0.717, 1.165) is 11.4 Å². The smallest absolute Gasteiger partial charge is 0.136 e. The monoisotopic (exact) mass is 323 g/mol. The predicted octanol–water partition coefficient (Wildman–Crippen LogP) is 4.79. The largest absolute Gasteiger partial charge is 0.494 e. The van der Waals surface area contributed by atoms with E-state index in [1.807, 2.05) is 13.1 Å². The number of benzene rings is 1. The minimum atomic E-state index is 0.328. The summed E-state index contributed by atoms with van der Waals surface area (Å²) < 4.78 is 7.82. The van der Waals surface area contributed by atoms with E-state index in [1.54, 1.807) is 0 Å². The molecule has 0 spiro atoms. The summed E-state index contributed by atoms with van der Waals surface area (Å²) in [7, 11) is 0. The van der Waals surface area contributed by atoms with Gasteiger partial charge < -0.3 is 10.1 Å². The zero-order valence-electron chi connectivity index (χ0n) is 14.2. The molecule has 1 saturated carbocycles. The van der Waals surface area contributed by atoms with Gasteiger partial charge in [0.05, 0.1) is 30.5 Å². The highest BCUT2D eigenvalue weighted by Crippen LogP contribution is 2.48. The maximum absolute atomic E-state index is 5.64. The average Bonchev–Trinajstić information content (AvgIpc) is 3.06. The van der Waals surface area contributed by atoms with Crippen molar-refractivity contribution in [2.45, 2.75) is 44.7 Å². The van der Waals surface area contributed by atoms with Crippen molar-refractivity contribution in [1.82, 2.24) is 9.78 Å². The molecule has 1 aliphatic carbocycles. The van der Waals surface area contributed by atoms with Crippen LogP contribution in [0.4, 0.5) is 5.82 Å². The summed E-state index contributed by atoms with van der Waals surface area (Å²) in [6.45, 7) is 6.69. The molecule has 0 amide bonds. The number of fused-ring (bicyclic) bond motifs is 3. The first-order chi connectivity index (χ1) is 11.8. The Morgan fingerprint density at radius 2 is 2.08 bits per heavy atom. The molecule has 4 heteroatoms. The lowest BCUT2D eigenvalue weighted by Gasteiger charge is -2.43. The van der Waals surface area contributed by atoms with Crippen LogP contribution in [0.15, 0.2) is 43.1 Å². The zero-order chi connectivity index (χ0) is 16.5. The number of nitrogens with zero attached hydrogens (tertiary/aromatic N) is 2. The fraction of sp³-hybridized carbons (Fsp3) is 0.450. The van der Waals surface area contributed by atoms with Gasteiger partial charge in [0.15, 0.2) is 0 Å². The van der Waals surface area contributed by atoms with Gasteiger partial charge in [-0.25, -0.2) is 4.68 Å². The Hall–Kier alpha value is -2.23. The lowest BCUT2D eigenvalue weighted by molar-refractivity contribution is 0.185. The third kappa shape index (κ3) is 2.50. The highest BCUT2D eigenvalue weighted by atomic mass is 16.5. The normalized spacial score (nSPS) is 25.3. The van der Waals surface area contributed by atoms with Crippen LogP contribution in [0.1, 0.15) is 55.8 Å². The number of hydrogen-bond acceptors (Lipinski definition) is 3. The Balaban J connectivity index is 1.75. The van der Waals surface area contributed by atoms with Gasteiger partial charge in [-0.3, -0.25) is 0 Å². The quantitative estimate of drug-likeness (QED) is 0.822. The Morgan fingerprint density at radius 3 is 2.88 bits per heavy atom. The number of aromatic nitrogens is 2. The standard InChI is InChI=1S/C20H25N3O/c1-3-24-14(2)17-13-21-23-18-12-8-7-11-16(18)19(22-20(17)23)15-9-5-4-6-10-15/h4-6,9-10,13,16,18-19,22H,2-3,7-8,11-12H2,1H3. The molecule has 2 aromatic rings. The summed E-state index contributed by atoms with van der Waals surface area (Å²) in [5.74, 6) is 2.35. The van der Waals surface area contributed by atoms with Gasteiger partial charge in [0.25, 0.3) is 0 Å². The number of rotatable bonds is 4. The van der Waals surface area contributed by atoms with Crippen molar-refractivity contribution in [2.75, 3.05) is 11.9 Å². The number of hydrogen-bond donors (Lipinski definition) is 1. The van der Waals surface area contributed by atoms with Crippen molar-refractivity contribution < 1.29 is 4.74 Å². The van der Waals surface area contributed by atoms with Crippen LogP contribution in [0, 0.1) is 5.92 Å². The minimum absolute atomic E-state index is 0.328. The lowest BCUT2D eigenvalue weighted by Crippen LogP contribution is -2.38. The van der Waals surface area contributed by atoms with Crippen molar-refractivity contribution in [3.63, 3.8) is 0 Å². The fourth-order valence-electron chi connectivity index (χ4n) is 4.29. The molecule has 0 bridgehead atoms. The zero-order valence-corrected chi connectivity index (χ0v) is 14.2. The van der Waals surface area contributed by atoms with Gasteiger partial charge in [0.2, 0.25) is 0 Å². The molecule has 126 valence electrons. The topological polar surface area (TPSA) is 39.1 Å². The molecule has 3 unspecified atom stereocenters. The first-order valence-corrected chi connectivity index (χ1v) is 9.00. The van der Waals surface area contributed by atoms with E-state index in [1.165, 1.54) is 31.2 Å². The van der Waals surface area contributed by atoms with Crippen molar-refractivity contribution in [1.29, 1.82) is 0 Å². The van der Waals surface area contributed by atoms with Gasteiger partial charge >= 0.3 is 0 Å². The summed E-state index contributed by atoms with van der Waals surface area (Å²) >= 11 is 0. The van der Waals surface area contributed by atoms with Gasteiger partial charge in [0, 0.05) is 5.92 Å². The molecule has 4 nitrogen and oxygen atoms in total. The summed E-state index contributed by atoms with van der Waals surface area (Å²) in [6, 6.07) is 11.6. The van der Waals surface area contributed by atoms with Crippen LogP contribution in [0.25, 0.3) is 5.76 Å². The molecular formula is C20H25N3O. The summed E-state index contributed by atoms with van der Waals surface area (Å²) in [5.41, 5.74) is 2.34. The van der Waals surface area contributed by atoms with Gasteiger partial charge in [-0.1, -0.05) is 49.8 Å². The second-order valence-corrected chi connectivity index (χ2v) is 6.76. The second-order valence-electron chi connectivity index (χ2n) is 6.76. The third-order valence-electron chi connectivity index (χ3n) is 5.39. The Bertz CT molecular complexity index is 722. The Kier molecular flexibility index (Phi) is 4.05. The van der Waals surface area contributed by atoms with Crippen LogP contribution in [-0.2, 0) is 4.74 Å². The minimum Gasteiger partial charge on any atom is -0.494 e. The molecule has 1 aromatic carbocycles. The van der Waals surface area contributed by atoms with E-state index >= 15 is 0 Å². The first kappa shape index (κ1) is 15.3. The van der Waals surface area contributed by atoms with Crippen LogP contribution < -0.4 is 5.32 Å². The highest BCUT2D eigenvalue weighted by Gasteiger charge is 2.40. The third-order valence-corrected chi connectivity index (χ3v) is 5.39. The molecule has 1 N–H and O–H groups in total. The maximum Gasteiger partial charge on any atom is 0.136 e. The molecule has 2 aliphatic rings. The number of anilines is 1. The molecule has 1 aromatic heterocycles. The molecule has 4 rings (SSSR count). The molecule has 24 heavy (non-hydrogen) atoms. The van der Waals surface area contributed by atoms with Crippen LogP contribution in [0.5, 0.6) is 0 Å². The molecule has 3 atom stereocenters. The van der Waals surface area contributed by atoms with Gasteiger partial charge in [-0.15, -0.1) is 0 Å². The first-order valence-electron chi connectivity index (χ1n) is 9.00. The van der Waals surface area contributed by atoms with Gasteiger partial charge in [0.1, 0.15) is 11.6 Å². The van der Waals surface area contributed by atoms with Crippen LogP contribution in [0.2, 0.25) is 0 Å². The van der Waals surface area contributed by atoms with E-state index in [4.69, 9.17) is 4.74 Å². The van der Waals surface area contributed by atoms with Gasteiger partial charge in [-0.2, -0.15) is 5.10 Å². The van der Waals surface area contributed by atoms with E-state index in [-0.39, 0.29) is 0 Å². The predicted molar refractivity (Wildman–Crippen MR) is 96.7 cm³/mol. The summed E-state index contributed by atoms with van der Waals surface area (Å²) in [6.07, 6.45) is 6.94. The second kappa shape index (κ2) is 6.34. The van der Waals surface area contributed by atoms with Crippen LogP contribution >= 0.6 is 0 Å². The van der Waals surface area contributed by atoms with Crippen molar-refractivity contribution in [3.05, 3.63) is 54.2 Å². The highest BCUT2D eigenvalue weighted by molar-refractivity contribution is 5.69.